The Morgan fingerprint density at radius 1 is 1.26 bits per heavy atom. The Kier molecular flexibility index (Phi) is 5.25. The smallest absolute Gasteiger partial charge is 0.305 e. The van der Waals surface area contributed by atoms with Crippen molar-refractivity contribution >= 4 is 28.5 Å². The van der Waals surface area contributed by atoms with Gasteiger partial charge in [0.15, 0.2) is 0 Å². The molecule has 0 atom stereocenters. The average molecular weight is 368 g/mol. The Morgan fingerprint density at radius 3 is 2.81 bits per heavy atom. The molecule has 3 aromatic rings. The molecule has 0 saturated carbocycles. The number of amides is 1. The summed E-state index contributed by atoms with van der Waals surface area (Å²) in [6.07, 6.45) is -0.148. The summed E-state index contributed by atoms with van der Waals surface area (Å²) >= 11 is 0. The van der Waals surface area contributed by atoms with Crippen molar-refractivity contribution in [2.45, 2.75) is 13.3 Å². The number of ether oxygens (including phenoxy) is 1. The molecular weight excluding hydrogens is 348 g/mol. The van der Waals surface area contributed by atoms with Crippen molar-refractivity contribution in [3.63, 3.8) is 0 Å². The fourth-order valence-corrected chi connectivity index (χ4v) is 2.77. The van der Waals surface area contributed by atoms with Crippen LogP contribution in [-0.4, -0.2) is 40.3 Å². The highest BCUT2D eigenvalue weighted by Crippen LogP contribution is 2.31. The van der Waals surface area contributed by atoms with Crippen LogP contribution >= 0.6 is 0 Å². The second-order valence-corrected chi connectivity index (χ2v) is 5.96. The number of nitrogen functional groups attached to an aromatic ring is 1. The number of carbonyl (C=O) groups excluding carboxylic acids is 1. The summed E-state index contributed by atoms with van der Waals surface area (Å²) in [5.74, 6) is -0.639. The minimum Gasteiger partial charge on any atom is -0.494 e. The van der Waals surface area contributed by atoms with E-state index in [2.05, 4.69) is 15.5 Å². The predicted molar refractivity (Wildman–Crippen MR) is 102 cm³/mol. The Morgan fingerprint density at radius 2 is 2.07 bits per heavy atom. The number of carboxylic acid groups (broad SMARTS) is 1. The standard InChI is InChI=1S/C19H20N4O4/c1-2-27-14-3-4-16-15(10-14)18(23-22-16)11-7-12(9-13(20)8-11)19(26)21-6-5-17(24)25/h3-4,7-10H,2,5-6,20H2,1H3,(H,21,26)(H,22,23)(H,24,25). The second-order valence-electron chi connectivity index (χ2n) is 5.96. The van der Waals surface area contributed by atoms with Gasteiger partial charge in [0.25, 0.3) is 5.91 Å². The lowest BCUT2D eigenvalue weighted by Crippen LogP contribution is -2.26. The third-order valence-corrected chi connectivity index (χ3v) is 3.96. The number of aromatic amines is 1. The van der Waals surface area contributed by atoms with Gasteiger partial charge in [-0.3, -0.25) is 14.7 Å². The van der Waals surface area contributed by atoms with Crippen molar-refractivity contribution in [3.8, 4) is 17.0 Å². The largest absolute Gasteiger partial charge is 0.494 e. The van der Waals surface area contributed by atoms with Gasteiger partial charge < -0.3 is 20.9 Å². The first-order valence-electron chi connectivity index (χ1n) is 8.49. The predicted octanol–water partition coefficient (Wildman–Crippen LogP) is 2.42. The van der Waals surface area contributed by atoms with Crippen LogP contribution in [0.3, 0.4) is 0 Å². The average Bonchev–Trinajstić information content (AvgIpc) is 3.04. The van der Waals surface area contributed by atoms with E-state index in [-0.39, 0.29) is 18.9 Å². The van der Waals surface area contributed by atoms with Crippen molar-refractivity contribution in [2.24, 2.45) is 0 Å². The third kappa shape index (κ3) is 4.17. The molecule has 1 amide bonds. The van der Waals surface area contributed by atoms with E-state index in [0.717, 1.165) is 16.7 Å². The first kappa shape index (κ1) is 18.2. The SMILES string of the molecule is CCOc1ccc2[nH]nc(-c3cc(N)cc(C(=O)NCCC(=O)O)c3)c2c1. The third-order valence-electron chi connectivity index (χ3n) is 3.96. The number of carboxylic acids is 1. The number of fused-ring (bicyclic) bond motifs is 1. The van der Waals surface area contributed by atoms with Crippen molar-refractivity contribution < 1.29 is 19.4 Å². The highest BCUT2D eigenvalue weighted by molar-refractivity contribution is 5.99. The summed E-state index contributed by atoms with van der Waals surface area (Å²) in [5, 5.41) is 19.4. The van der Waals surface area contributed by atoms with E-state index in [1.807, 2.05) is 25.1 Å². The van der Waals surface area contributed by atoms with Crippen molar-refractivity contribution in [1.29, 1.82) is 0 Å². The van der Waals surface area contributed by atoms with Crippen molar-refractivity contribution in [2.75, 3.05) is 18.9 Å². The zero-order chi connectivity index (χ0) is 19.4. The number of nitrogens with one attached hydrogen (secondary N) is 2. The molecule has 0 spiro atoms. The van der Waals surface area contributed by atoms with Crippen LogP contribution < -0.4 is 15.8 Å². The molecule has 27 heavy (non-hydrogen) atoms. The molecule has 0 aliphatic carbocycles. The molecular formula is C19H20N4O4. The number of nitrogens with two attached hydrogens (primary N) is 1. The van der Waals surface area contributed by atoms with Crippen LogP contribution in [0.4, 0.5) is 5.69 Å². The molecule has 140 valence electrons. The number of aromatic nitrogens is 2. The van der Waals surface area contributed by atoms with Crippen LogP contribution in [0, 0.1) is 0 Å². The van der Waals surface area contributed by atoms with E-state index in [0.29, 0.717) is 29.1 Å². The van der Waals surface area contributed by atoms with Crippen LogP contribution in [0.15, 0.2) is 36.4 Å². The molecule has 8 nitrogen and oxygen atoms in total. The van der Waals surface area contributed by atoms with Gasteiger partial charge in [0.05, 0.1) is 18.5 Å². The molecule has 0 radical (unpaired) electrons. The Hall–Kier alpha value is -3.55. The summed E-state index contributed by atoms with van der Waals surface area (Å²) in [5.41, 5.74) is 8.88. The molecule has 8 heteroatoms. The first-order chi connectivity index (χ1) is 13.0. The van der Waals surface area contributed by atoms with E-state index in [1.54, 1.807) is 18.2 Å². The van der Waals surface area contributed by atoms with E-state index < -0.39 is 5.97 Å². The van der Waals surface area contributed by atoms with Gasteiger partial charge in [-0.15, -0.1) is 0 Å². The molecule has 1 aromatic heterocycles. The van der Waals surface area contributed by atoms with E-state index in [9.17, 15) is 9.59 Å². The van der Waals surface area contributed by atoms with Gasteiger partial charge in [0, 0.05) is 28.7 Å². The fourth-order valence-electron chi connectivity index (χ4n) is 2.77. The first-order valence-corrected chi connectivity index (χ1v) is 8.49. The lowest BCUT2D eigenvalue weighted by molar-refractivity contribution is -0.136. The minimum absolute atomic E-state index is 0.0430. The Bertz CT molecular complexity index is 997. The van der Waals surface area contributed by atoms with Gasteiger partial charge in [0.2, 0.25) is 0 Å². The number of H-pyrrole nitrogens is 1. The lowest BCUT2D eigenvalue weighted by Gasteiger charge is -2.08. The molecule has 0 aliphatic rings. The van der Waals surface area contributed by atoms with Gasteiger partial charge in [-0.1, -0.05) is 0 Å². The second kappa shape index (κ2) is 7.77. The maximum absolute atomic E-state index is 12.3. The van der Waals surface area contributed by atoms with Gasteiger partial charge in [0.1, 0.15) is 11.4 Å². The lowest BCUT2D eigenvalue weighted by atomic mass is 10.0. The number of carbonyl (C=O) groups is 2. The summed E-state index contributed by atoms with van der Waals surface area (Å²) in [7, 11) is 0. The molecule has 5 N–H and O–H groups in total. The summed E-state index contributed by atoms with van der Waals surface area (Å²) < 4.78 is 5.55. The molecule has 0 fully saturated rings. The summed E-state index contributed by atoms with van der Waals surface area (Å²) in [6.45, 7) is 2.51. The monoisotopic (exact) mass is 368 g/mol. The number of aliphatic carboxylic acids is 1. The van der Waals surface area contributed by atoms with Gasteiger partial charge in [-0.2, -0.15) is 5.10 Å². The van der Waals surface area contributed by atoms with Crippen LogP contribution in [0.25, 0.3) is 22.2 Å². The highest BCUT2D eigenvalue weighted by Gasteiger charge is 2.14. The maximum Gasteiger partial charge on any atom is 0.305 e. The zero-order valence-electron chi connectivity index (χ0n) is 14.8. The number of nitrogens with zero attached hydrogens (tertiary/aromatic N) is 1. The Labute approximate surface area is 155 Å². The normalized spacial score (nSPS) is 10.7. The number of hydrogen-bond donors (Lipinski definition) is 4. The van der Waals surface area contributed by atoms with E-state index in [4.69, 9.17) is 15.6 Å². The quantitative estimate of drug-likeness (QED) is 0.474. The van der Waals surface area contributed by atoms with Gasteiger partial charge in [-0.05, 0) is 43.3 Å². The number of hydrogen-bond acceptors (Lipinski definition) is 5. The summed E-state index contributed by atoms with van der Waals surface area (Å²) in [4.78, 5) is 22.9. The molecule has 0 unspecified atom stereocenters. The number of benzene rings is 2. The Balaban J connectivity index is 1.94. The molecule has 2 aromatic carbocycles. The highest BCUT2D eigenvalue weighted by atomic mass is 16.5. The van der Waals surface area contributed by atoms with Gasteiger partial charge in [-0.25, -0.2) is 0 Å². The minimum atomic E-state index is -0.975. The molecule has 0 bridgehead atoms. The molecule has 0 saturated heterocycles. The number of anilines is 1. The van der Waals surface area contributed by atoms with Gasteiger partial charge >= 0.3 is 5.97 Å². The zero-order valence-corrected chi connectivity index (χ0v) is 14.8. The van der Waals surface area contributed by atoms with Crippen LogP contribution in [0.5, 0.6) is 5.75 Å². The maximum atomic E-state index is 12.3. The topological polar surface area (TPSA) is 130 Å². The summed E-state index contributed by atoms with van der Waals surface area (Å²) in [6, 6.07) is 10.6. The number of rotatable bonds is 7. The molecule has 1 heterocycles. The van der Waals surface area contributed by atoms with E-state index in [1.165, 1.54) is 0 Å². The van der Waals surface area contributed by atoms with E-state index >= 15 is 0 Å². The van der Waals surface area contributed by atoms with Crippen molar-refractivity contribution in [3.05, 3.63) is 42.0 Å². The van der Waals surface area contributed by atoms with Crippen LogP contribution in [-0.2, 0) is 4.79 Å². The fraction of sp³-hybridized carbons (Fsp3) is 0.211. The van der Waals surface area contributed by atoms with Crippen molar-refractivity contribution in [1.82, 2.24) is 15.5 Å². The molecule has 0 aliphatic heterocycles. The molecule has 3 rings (SSSR count). The van der Waals surface area contributed by atoms with Crippen LogP contribution in [0.2, 0.25) is 0 Å². The van der Waals surface area contributed by atoms with Crippen LogP contribution in [0.1, 0.15) is 23.7 Å².